The lowest BCUT2D eigenvalue weighted by Gasteiger charge is -2.36. The van der Waals surface area contributed by atoms with Crippen LogP contribution in [0.2, 0.25) is 0 Å². The molecule has 2 unspecified atom stereocenters. The van der Waals surface area contributed by atoms with E-state index >= 15 is 0 Å². The summed E-state index contributed by atoms with van der Waals surface area (Å²) in [4.78, 5) is 13.8. The maximum Gasteiger partial charge on any atom is 0.307 e. The number of ether oxygens (including phenoxy) is 2. The Kier molecular flexibility index (Phi) is 6.52. The van der Waals surface area contributed by atoms with Crippen LogP contribution in [0.25, 0.3) is 0 Å². The van der Waals surface area contributed by atoms with Crippen molar-refractivity contribution in [3.8, 4) is 0 Å². The summed E-state index contributed by atoms with van der Waals surface area (Å²) < 4.78 is 10.2. The topological polar surface area (TPSA) is 38.8 Å². The van der Waals surface area contributed by atoms with Crippen LogP contribution in [0.5, 0.6) is 0 Å². The molecule has 1 fully saturated rings. The Hall–Kier alpha value is -0.610. The summed E-state index contributed by atoms with van der Waals surface area (Å²) in [5.74, 6) is 0.521. The molecular formula is C13H25NO3. The molecule has 0 aromatic rings. The van der Waals surface area contributed by atoms with Gasteiger partial charge in [0, 0.05) is 19.7 Å². The molecule has 1 saturated heterocycles. The number of nitrogens with zero attached hydrogens (tertiary/aromatic N) is 1. The Labute approximate surface area is 104 Å². The van der Waals surface area contributed by atoms with Gasteiger partial charge >= 0.3 is 5.97 Å². The molecule has 1 aliphatic heterocycles. The summed E-state index contributed by atoms with van der Waals surface area (Å²) in [7, 11) is 1.75. The maximum absolute atomic E-state index is 11.4. The van der Waals surface area contributed by atoms with Crippen molar-refractivity contribution in [3.05, 3.63) is 0 Å². The van der Waals surface area contributed by atoms with Gasteiger partial charge in [-0.1, -0.05) is 0 Å². The molecule has 0 amide bonds. The summed E-state index contributed by atoms with van der Waals surface area (Å²) in [5.41, 5.74) is 0. The molecule has 0 N–H and O–H groups in total. The minimum absolute atomic E-state index is 0.0890. The van der Waals surface area contributed by atoms with Crippen LogP contribution < -0.4 is 0 Å². The first-order valence-electron chi connectivity index (χ1n) is 6.56. The van der Waals surface area contributed by atoms with Crippen LogP contribution in [-0.2, 0) is 14.3 Å². The van der Waals surface area contributed by atoms with Crippen LogP contribution in [-0.4, -0.2) is 50.3 Å². The third kappa shape index (κ3) is 5.04. The standard InChI is InChI=1S/C13H25NO3/c1-4-17-13(15)8-11(2)14-7-5-6-12(9-14)10-16-3/h11-12H,4-10H2,1-3H3. The van der Waals surface area contributed by atoms with Gasteiger partial charge in [0.15, 0.2) is 0 Å². The van der Waals surface area contributed by atoms with Crippen LogP contribution in [0.1, 0.15) is 33.1 Å². The van der Waals surface area contributed by atoms with Crippen LogP contribution in [0.4, 0.5) is 0 Å². The van der Waals surface area contributed by atoms with E-state index in [-0.39, 0.29) is 12.0 Å². The molecule has 0 radical (unpaired) electrons. The molecule has 2 atom stereocenters. The second-order valence-electron chi connectivity index (χ2n) is 4.82. The Bertz CT molecular complexity index is 231. The number of rotatable bonds is 6. The van der Waals surface area contributed by atoms with Gasteiger partial charge in [0.2, 0.25) is 0 Å². The molecule has 0 aliphatic carbocycles. The fourth-order valence-electron chi connectivity index (χ4n) is 2.46. The Morgan fingerprint density at radius 1 is 1.53 bits per heavy atom. The Morgan fingerprint density at radius 2 is 2.29 bits per heavy atom. The minimum atomic E-state index is -0.0890. The predicted molar refractivity (Wildman–Crippen MR) is 66.9 cm³/mol. The second kappa shape index (κ2) is 7.67. The fourth-order valence-corrected chi connectivity index (χ4v) is 2.46. The number of esters is 1. The summed E-state index contributed by atoms with van der Waals surface area (Å²) in [6.07, 6.45) is 2.92. The van der Waals surface area contributed by atoms with Crippen molar-refractivity contribution < 1.29 is 14.3 Å². The summed E-state index contributed by atoms with van der Waals surface area (Å²) >= 11 is 0. The second-order valence-corrected chi connectivity index (χ2v) is 4.82. The van der Waals surface area contributed by atoms with Gasteiger partial charge in [-0.2, -0.15) is 0 Å². The molecule has 0 aromatic heterocycles. The Morgan fingerprint density at radius 3 is 2.94 bits per heavy atom. The van der Waals surface area contributed by atoms with Gasteiger partial charge in [0.1, 0.15) is 0 Å². The van der Waals surface area contributed by atoms with Crippen LogP contribution in [0, 0.1) is 5.92 Å². The lowest BCUT2D eigenvalue weighted by atomic mass is 9.97. The summed E-state index contributed by atoms with van der Waals surface area (Å²) in [6, 6.07) is 0.272. The molecule has 17 heavy (non-hydrogen) atoms. The lowest BCUT2D eigenvalue weighted by molar-refractivity contribution is -0.144. The smallest absolute Gasteiger partial charge is 0.307 e. The Balaban J connectivity index is 2.35. The van der Waals surface area contributed by atoms with Crippen molar-refractivity contribution in [1.82, 2.24) is 4.90 Å². The van der Waals surface area contributed by atoms with E-state index in [1.807, 2.05) is 6.92 Å². The lowest BCUT2D eigenvalue weighted by Crippen LogP contribution is -2.43. The van der Waals surface area contributed by atoms with E-state index in [9.17, 15) is 4.79 Å². The first-order chi connectivity index (χ1) is 8.17. The normalized spacial score (nSPS) is 23.4. The van der Waals surface area contributed by atoms with Crippen molar-refractivity contribution in [2.75, 3.05) is 33.4 Å². The molecule has 0 saturated carbocycles. The number of piperidine rings is 1. The molecule has 0 spiro atoms. The van der Waals surface area contributed by atoms with E-state index in [1.165, 1.54) is 12.8 Å². The molecule has 1 rings (SSSR count). The van der Waals surface area contributed by atoms with Crippen LogP contribution in [0.15, 0.2) is 0 Å². The molecule has 4 nitrogen and oxygen atoms in total. The monoisotopic (exact) mass is 243 g/mol. The van der Waals surface area contributed by atoms with E-state index < -0.39 is 0 Å². The molecular weight excluding hydrogens is 218 g/mol. The highest BCUT2D eigenvalue weighted by molar-refractivity contribution is 5.70. The van der Waals surface area contributed by atoms with E-state index in [2.05, 4.69) is 11.8 Å². The SMILES string of the molecule is CCOC(=O)CC(C)N1CCCC(COC)C1. The quantitative estimate of drug-likeness (QED) is 0.665. The highest BCUT2D eigenvalue weighted by atomic mass is 16.5. The van der Waals surface area contributed by atoms with E-state index in [1.54, 1.807) is 7.11 Å². The van der Waals surface area contributed by atoms with Gasteiger partial charge in [0.05, 0.1) is 19.6 Å². The minimum Gasteiger partial charge on any atom is -0.466 e. The van der Waals surface area contributed by atoms with Crippen molar-refractivity contribution in [3.63, 3.8) is 0 Å². The van der Waals surface area contributed by atoms with Crippen molar-refractivity contribution >= 4 is 5.97 Å². The molecule has 4 heteroatoms. The molecule has 1 aliphatic rings. The predicted octanol–water partition coefficient (Wildman–Crippen LogP) is 1.69. The van der Waals surface area contributed by atoms with Gasteiger partial charge in [0.25, 0.3) is 0 Å². The molecule has 100 valence electrons. The van der Waals surface area contributed by atoms with Gasteiger partial charge < -0.3 is 9.47 Å². The molecule has 1 heterocycles. The molecule has 0 aromatic carbocycles. The number of carbonyl (C=O) groups is 1. The number of hydrogen-bond acceptors (Lipinski definition) is 4. The largest absolute Gasteiger partial charge is 0.466 e. The van der Waals surface area contributed by atoms with E-state index in [0.717, 1.165) is 19.7 Å². The van der Waals surface area contributed by atoms with Gasteiger partial charge in [-0.3, -0.25) is 9.69 Å². The molecule has 0 bridgehead atoms. The zero-order valence-electron chi connectivity index (χ0n) is 11.3. The van der Waals surface area contributed by atoms with E-state index in [0.29, 0.717) is 18.9 Å². The zero-order valence-corrected chi connectivity index (χ0v) is 11.3. The third-order valence-corrected chi connectivity index (χ3v) is 3.34. The van der Waals surface area contributed by atoms with Crippen molar-refractivity contribution in [2.24, 2.45) is 5.92 Å². The first-order valence-corrected chi connectivity index (χ1v) is 6.56. The van der Waals surface area contributed by atoms with Crippen molar-refractivity contribution in [2.45, 2.75) is 39.2 Å². The fraction of sp³-hybridized carbons (Fsp3) is 0.923. The van der Waals surface area contributed by atoms with E-state index in [4.69, 9.17) is 9.47 Å². The van der Waals surface area contributed by atoms with Crippen LogP contribution in [0.3, 0.4) is 0 Å². The number of hydrogen-bond donors (Lipinski definition) is 0. The average Bonchev–Trinajstić information content (AvgIpc) is 2.30. The highest BCUT2D eigenvalue weighted by Crippen LogP contribution is 2.19. The number of methoxy groups -OCH3 is 1. The highest BCUT2D eigenvalue weighted by Gasteiger charge is 2.24. The van der Waals surface area contributed by atoms with Crippen molar-refractivity contribution in [1.29, 1.82) is 0 Å². The summed E-state index contributed by atoms with van der Waals surface area (Å²) in [6.45, 7) is 7.36. The third-order valence-electron chi connectivity index (χ3n) is 3.34. The zero-order chi connectivity index (χ0) is 12.7. The van der Waals surface area contributed by atoms with Gasteiger partial charge in [-0.05, 0) is 39.2 Å². The van der Waals surface area contributed by atoms with Gasteiger partial charge in [-0.25, -0.2) is 0 Å². The summed E-state index contributed by atoms with van der Waals surface area (Å²) in [5, 5.41) is 0. The van der Waals surface area contributed by atoms with Crippen LogP contribution >= 0.6 is 0 Å². The average molecular weight is 243 g/mol. The maximum atomic E-state index is 11.4. The number of likely N-dealkylation sites (tertiary alicyclic amines) is 1. The first kappa shape index (κ1) is 14.5. The van der Waals surface area contributed by atoms with Gasteiger partial charge in [-0.15, -0.1) is 0 Å². The number of carbonyl (C=O) groups excluding carboxylic acids is 1.